The molecule has 0 aromatic carbocycles. The van der Waals surface area contributed by atoms with Crippen molar-refractivity contribution in [3.05, 3.63) is 18.3 Å². The molecule has 3 heterocycles. The molecule has 2 fully saturated rings. The SMILES string of the molecule is CCC(=O)Nc1ccc(SCC2CCCN3CCCCC23)nc1. The van der Waals surface area contributed by atoms with Crippen molar-refractivity contribution in [3.8, 4) is 0 Å². The third kappa shape index (κ3) is 4.48. The standard InChI is InChI=1S/C18H27N3OS/c1-2-17(22)20-15-8-9-18(19-12-15)23-13-14-6-5-11-21-10-4-3-7-16(14)21/h8-9,12,14,16H,2-7,10-11,13H2,1H3,(H,20,22). The molecule has 1 aromatic rings. The van der Waals surface area contributed by atoms with Crippen LogP contribution < -0.4 is 5.32 Å². The first-order chi connectivity index (χ1) is 11.3. The summed E-state index contributed by atoms with van der Waals surface area (Å²) in [5, 5.41) is 3.91. The van der Waals surface area contributed by atoms with Crippen LogP contribution in [0.25, 0.3) is 0 Å². The van der Waals surface area contributed by atoms with Crippen LogP contribution in [0.2, 0.25) is 0 Å². The number of nitrogens with zero attached hydrogens (tertiary/aromatic N) is 2. The molecule has 4 nitrogen and oxygen atoms in total. The second-order valence-electron chi connectivity index (χ2n) is 6.60. The Morgan fingerprint density at radius 3 is 2.96 bits per heavy atom. The molecule has 3 rings (SSSR count). The molecule has 2 aliphatic heterocycles. The highest BCUT2D eigenvalue weighted by atomic mass is 32.2. The average Bonchev–Trinajstić information content (AvgIpc) is 2.61. The number of hydrogen-bond acceptors (Lipinski definition) is 4. The fourth-order valence-corrected chi connectivity index (χ4v) is 4.82. The largest absolute Gasteiger partial charge is 0.325 e. The van der Waals surface area contributed by atoms with Crippen LogP contribution in [0.3, 0.4) is 0 Å². The topological polar surface area (TPSA) is 45.2 Å². The Labute approximate surface area is 143 Å². The van der Waals surface area contributed by atoms with Gasteiger partial charge in [-0.2, -0.15) is 0 Å². The second-order valence-corrected chi connectivity index (χ2v) is 7.64. The highest BCUT2D eigenvalue weighted by Gasteiger charge is 2.32. The van der Waals surface area contributed by atoms with Gasteiger partial charge in [-0.1, -0.05) is 13.3 Å². The van der Waals surface area contributed by atoms with Crippen molar-refractivity contribution in [2.75, 3.05) is 24.2 Å². The summed E-state index contributed by atoms with van der Waals surface area (Å²) in [4.78, 5) is 18.6. The normalized spacial score (nSPS) is 24.9. The Morgan fingerprint density at radius 2 is 2.17 bits per heavy atom. The number of fused-ring (bicyclic) bond motifs is 1. The molecule has 1 aromatic heterocycles. The molecular weight excluding hydrogens is 306 g/mol. The number of carbonyl (C=O) groups is 1. The molecular formula is C18H27N3OS. The number of rotatable bonds is 5. The zero-order chi connectivity index (χ0) is 16.1. The number of nitrogens with one attached hydrogen (secondary N) is 1. The molecule has 23 heavy (non-hydrogen) atoms. The van der Waals surface area contributed by atoms with Crippen LogP contribution in [0.15, 0.2) is 23.4 Å². The van der Waals surface area contributed by atoms with Crippen molar-refractivity contribution < 1.29 is 4.79 Å². The van der Waals surface area contributed by atoms with Crippen LogP contribution in [0.1, 0.15) is 45.4 Å². The number of carbonyl (C=O) groups excluding carboxylic acids is 1. The summed E-state index contributed by atoms with van der Waals surface area (Å²) in [7, 11) is 0. The van der Waals surface area contributed by atoms with Gasteiger partial charge < -0.3 is 10.2 Å². The number of aromatic nitrogens is 1. The fraction of sp³-hybridized carbons (Fsp3) is 0.667. The molecule has 1 N–H and O–H groups in total. The lowest BCUT2D eigenvalue weighted by Gasteiger charge is -2.44. The quantitative estimate of drug-likeness (QED) is 0.833. The van der Waals surface area contributed by atoms with Gasteiger partial charge in [0.05, 0.1) is 16.9 Å². The van der Waals surface area contributed by atoms with Gasteiger partial charge in [-0.3, -0.25) is 4.79 Å². The molecule has 2 atom stereocenters. The first-order valence-corrected chi connectivity index (χ1v) is 9.87. The summed E-state index contributed by atoms with van der Waals surface area (Å²) < 4.78 is 0. The van der Waals surface area contributed by atoms with E-state index in [1.165, 1.54) is 45.2 Å². The van der Waals surface area contributed by atoms with E-state index in [1.54, 1.807) is 6.20 Å². The lowest BCUT2D eigenvalue weighted by molar-refractivity contribution is -0.115. The summed E-state index contributed by atoms with van der Waals surface area (Å²) in [5.74, 6) is 2.00. The van der Waals surface area contributed by atoms with Crippen LogP contribution in [0.4, 0.5) is 5.69 Å². The molecule has 2 unspecified atom stereocenters. The summed E-state index contributed by atoms with van der Waals surface area (Å²) in [5.41, 5.74) is 0.789. The minimum absolute atomic E-state index is 0.0341. The summed E-state index contributed by atoms with van der Waals surface area (Å²) in [6.45, 7) is 4.46. The third-order valence-corrected chi connectivity index (χ3v) is 6.15. The van der Waals surface area contributed by atoms with Gasteiger partial charge >= 0.3 is 0 Å². The zero-order valence-electron chi connectivity index (χ0n) is 14.0. The maximum atomic E-state index is 11.4. The van der Waals surface area contributed by atoms with Crippen molar-refractivity contribution in [2.45, 2.75) is 56.5 Å². The van der Waals surface area contributed by atoms with Crippen molar-refractivity contribution in [1.29, 1.82) is 0 Å². The van der Waals surface area contributed by atoms with E-state index in [4.69, 9.17) is 0 Å². The smallest absolute Gasteiger partial charge is 0.224 e. The average molecular weight is 334 g/mol. The highest BCUT2D eigenvalue weighted by Crippen LogP contribution is 2.34. The van der Waals surface area contributed by atoms with Crippen LogP contribution in [0, 0.1) is 5.92 Å². The lowest BCUT2D eigenvalue weighted by atomic mass is 9.85. The number of amides is 1. The van der Waals surface area contributed by atoms with E-state index in [-0.39, 0.29) is 5.91 Å². The Balaban J connectivity index is 1.52. The highest BCUT2D eigenvalue weighted by molar-refractivity contribution is 7.99. The number of anilines is 1. The van der Waals surface area contributed by atoms with Gasteiger partial charge in [0.2, 0.25) is 5.91 Å². The number of pyridine rings is 1. The van der Waals surface area contributed by atoms with E-state index in [0.717, 1.165) is 28.4 Å². The maximum Gasteiger partial charge on any atom is 0.224 e. The minimum Gasteiger partial charge on any atom is -0.325 e. The molecule has 0 saturated carbocycles. The van der Waals surface area contributed by atoms with E-state index < -0.39 is 0 Å². The fourth-order valence-electron chi connectivity index (χ4n) is 3.75. The summed E-state index contributed by atoms with van der Waals surface area (Å²) >= 11 is 1.87. The van der Waals surface area contributed by atoms with E-state index in [0.29, 0.717) is 6.42 Å². The molecule has 1 amide bonds. The Morgan fingerprint density at radius 1 is 1.30 bits per heavy atom. The van der Waals surface area contributed by atoms with Crippen LogP contribution >= 0.6 is 11.8 Å². The molecule has 0 spiro atoms. The van der Waals surface area contributed by atoms with E-state index in [2.05, 4.69) is 15.2 Å². The van der Waals surface area contributed by atoms with Gasteiger partial charge in [0.15, 0.2) is 0 Å². The van der Waals surface area contributed by atoms with Gasteiger partial charge in [0.1, 0.15) is 0 Å². The lowest BCUT2D eigenvalue weighted by Crippen LogP contribution is -2.48. The van der Waals surface area contributed by atoms with Crippen LogP contribution in [-0.2, 0) is 4.79 Å². The molecule has 2 saturated heterocycles. The molecule has 126 valence electrons. The number of thioether (sulfide) groups is 1. The van der Waals surface area contributed by atoms with Crippen LogP contribution in [-0.4, -0.2) is 40.7 Å². The summed E-state index contributed by atoms with van der Waals surface area (Å²) in [6.07, 6.45) is 9.12. The Hall–Kier alpha value is -1.07. The van der Waals surface area contributed by atoms with Crippen molar-refractivity contribution in [2.24, 2.45) is 5.92 Å². The van der Waals surface area contributed by atoms with Gasteiger partial charge in [-0.25, -0.2) is 4.98 Å². The van der Waals surface area contributed by atoms with Crippen molar-refractivity contribution in [1.82, 2.24) is 9.88 Å². The van der Waals surface area contributed by atoms with E-state index in [9.17, 15) is 4.79 Å². The monoisotopic (exact) mass is 333 g/mol. The second kappa shape index (κ2) is 8.15. The van der Waals surface area contributed by atoms with Gasteiger partial charge in [0.25, 0.3) is 0 Å². The van der Waals surface area contributed by atoms with Gasteiger partial charge in [0, 0.05) is 18.2 Å². The van der Waals surface area contributed by atoms with Gasteiger partial charge in [-0.05, 0) is 56.8 Å². The molecule has 0 bridgehead atoms. The number of hydrogen-bond donors (Lipinski definition) is 1. The number of piperidine rings is 2. The van der Waals surface area contributed by atoms with Gasteiger partial charge in [-0.15, -0.1) is 11.8 Å². The van der Waals surface area contributed by atoms with Crippen molar-refractivity contribution in [3.63, 3.8) is 0 Å². The Bertz CT molecular complexity index is 518. The Kier molecular flexibility index (Phi) is 5.95. The predicted molar refractivity (Wildman–Crippen MR) is 95.8 cm³/mol. The predicted octanol–water partition coefficient (Wildman–Crippen LogP) is 3.79. The maximum absolute atomic E-state index is 11.4. The summed E-state index contributed by atoms with van der Waals surface area (Å²) in [6, 6.07) is 4.78. The zero-order valence-corrected chi connectivity index (χ0v) is 14.8. The molecule has 5 heteroatoms. The third-order valence-electron chi connectivity index (χ3n) is 5.02. The van der Waals surface area contributed by atoms with Crippen molar-refractivity contribution >= 4 is 23.4 Å². The first kappa shape index (κ1) is 16.8. The molecule has 2 aliphatic rings. The van der Waals surface area contributed by atoms with Crippen LogP contribution in [0.5, 0.6) is 0 Å². The van der Waals surface area contributed by atoms with E-state index in [1.807, 2.05) is 30.8 Å². The molecule has 0 radical (unpaired) electrons. The minimum atomic E-state index is 0.0341. The first-order valence-electron chi connectivity index (χ1n) is 8.89. The molecule has 0 aliphatic carbocycles. The van der Waals surface area contributed by atoms with E-state index >= 15 is 0 Å².